The topological polar surface area (TPSA) is 102 Å². The second-order valence-electron chi connectivity index (χ2n) is 11.6. The lowest BCUT2D eigenvalue weighted by Gasteiger charge is -2.23. The molecule has 12 heteroatoms. The minimum Gasteiger partial charge on any atom is -0.507 e. The smallest absolute Gasteiger partial charge is 0.301 e. The third-order valence-electron chi connectivity index (χ3n) is 7.72. The quantitative estimate of drug-likeness (QED) is 0.0579. The van der Waals surface area contributed by atoms with Gasteiger partial charge < -0.3 is 14.6 Å². The molecule has 3 heterocycles. The van der Waals surface area contributed by atoms with Gasteiger partial charge in [0.25, 0.3) is 5.78 Å². The molecule has 3 aromatic carbocycles. The van der Waals surface area contributed by atoms with Crippen molar-refractivity contribution < 1.29 is 24.2 Å². The second kappa shape index (κ2) is 13.7. The van der Waals surface area contributed by atoms with Gasteiger partial charge in [0.15, 0.2) is 4.34 Å². The van der Waals surface area contributed by atoms with Gasteiger partial charge in [-0.2, -0.15) is 0 Å². The number of anilines is 1. The molecule has 1 aromatic heterocycles. The largest absolute Gasteiger partial charge is 0.507 e. The van der Waals surface area contributed by atoms with E-state index < -0.39 is 17.7 Å². The number of thioether (sulfide) groups is 1. The Balaban J connectivity index is 1.37. The zero-order valence-electron chi connectivity index (χ0n) is 25.3. The van der Waals surface area contributed by atoms with Gasteiger partial charge in [0.1, 0.15) is 23.4 Å². The van der Waals surface area contributed by atoms with E-state index in [4.69, 9.17) is 32.7 Å². The maximum Gasteiger partial charge on any atom is 0.301 e. The number of halogens is 2. The summed E-state index contributed by atoms with van der Waals surface area (Å²) in [7, 11) is 0. The van der Waals surface area contributed by atoms with Crippen LogP contribution in [-0.4, -0.2) is 39.7 Å². The van der Waals surface area contributed by atoms with Crippen molar-refractivity contribution in [2.75, 3.05) is 11.5 Å². The summed E-state index contributed by atoms with van der Waals surface area (Å²) in [6.07, 6.45) is 1.56. The summed E-state index contributed by atoms with van der Waals surface area (Å²) in [5.41, 5.74) is 2.79. The molecule has 6 rings (SSSR count). The maximum absolute atomic E-state index is 13.7. The number of aliphatic hydroxyl groups is 1. The average Bonchev–Trinajstić information content (AvgIpc) is 3.71. The second-order valence-corrected chi connectivity index (χ2v) is 14.6. The van der Waals surface area contributed by atoms with Gasteiger partial charge in [-0.15, -0.1) is 10.2 Å². The number of ether oxygens (including phenoxy) is 2. The summed E-state index contributed by atoms with van der Waals surface area (Å²) >= 11 is 15.0. The molecule has 2 atom stereocenters. The van der Waals surface area contributed by atoms with Crippen molar-refractivity contribution in [3.63, 3.8) is 0 Å². The number of Topliss-reactive ketones (excluding diaryl/α,β-unsaturated/α-hetero) is 1. The zero-order chi connectivity index (χ0) is 32.5. The number of carbonyl (C=O) groups excluding carboxylic acids is 2. The van der Waals surface area contributed by atoms with Gasteiger partial charge in [-0.3, -0.25) is 14.5 Å². The SMILES string of the molecule is CC(C)CCOc1cccc([C@H]2C(=C(O)c3ccc4c(c3)C[C@H](C)O4)C(=O)C(=O)N2c2nnc(SCc3ccc(Cl)cc3Cl)s2)c1. The van der Waals surface area contributed by atoms with Gasteiger partial charge >= 0.3 is 5.91 Å². The van der Waals surface area contributed by atoms with Gasteiger partial charge in [0.05, 0.1) is 18.2 Å². The summed E-state index contributed by atoms with van der Waals surface area (Å²) in [4.78, 5) is 28.8. The standard InChI is InChI=1S/C34H31Cl2N3O5S2/c1-18(2)11-12-43-25-6-4-5-20(15-25)29-28(30(40)21-8-10-27-23(14-21)13-19(3)44-27)31(41)32(42)39(29)33-37-38-34(46-33)45-17-22-7-9-24(35)16-26(22)36/h4-10,14-16,18-19,29,40H,11-13,17H2,1-3H3/t19-,29-/m0/s1. The van der Waals surface area contributed by atoms with Crippen molar-refractivity contribution in [3.8, 4) is 11.5 Å². The molecule has 4 aromatic rings. The number of aliphatic hydroxyl groups excluding tert-OH is 1. The highest BCUT2D eigenvalue weighted by atomic mass is 35.5. The Morgan fingerprint density at radius 2 is 1.96 bits per heavy atom. The first-order valence-electron chi connectivity index (χ1n) is 14.8. The third kappa shape index (κ3) is 6.76. The Labute approximate surface area is 285 Å². The number of hydrogen-bond donors (Lipinski definition) is 1. The van der Waals surface area contributed by atoms with E-state index in [-0.39, 0.29) is 22.6 Å². The molecular formula is C34H31Cl2N3O5S2. The maximum atomic E-state index is 13.7. The van der Waals surface area contributed by atoms with Crippen LogP contribution >= 0.6 is 46.3 Å². The summed E-state index contributed by atoms with van der Waals surface area (Å²) in [6.45, 7) is 6.74. The number of aromatic nitrogens is 2. The van der Waals surface area contributed by atoms with Crippen LogP contribution in [0.2, 0.25) is 10.0 Å². The predicted molar refractivity (Wildman–Crippen MR) is 182 cm³/mol. The van der Waals surface area contributed by atoms with Gasteiger partial charge in [0, 0.05) is 27.8 Å². The van der Waals surface area contributed by atoms with Gasteiger partial charge in [-0.25, -0.2) is 0 Å². The zero-order valence-corrected chi connectivity index (χ0v) is 28.5. The van der Waals surface area contributed by atoms with Gasteiger partial charge in [-0.1, -0.05) is 78.3 Å². The molecule has 0 radical (unpaired) electrons. The van der Waals surface area contributed by atoms with E-state index in [1.807, 2.05) is 37.3 Å². The molecule has 1 fully saturated rings. The van der Waals surface area contributed by atoms with E-state index in [9.17, 15) is 14.7 Å². The molecule has 46 heavy (non-hydrogen) atoms. The summed E-state index contributed by atoms with van der Waals surface area (Å²) in [5, 5.41) is 21.6. The van der Waals surface area contributed by atoms with Crippen LogP contribution in [0.25, 0.3) is 5.76 Å². The fourth-order valence-corrected chi connectivity index (χ4v) is 7.82. The molecule has 1 saturated heterocycles. The number of ketones is 1. The number of hydrogen-bond acceptors (Lipinski definition) is 9. The Bertz CT molecular complexity index is 1840. The Morgan fingerprint density at radius 3 is 2.74 bits per heavy atom. The first-order valence-corrected chi connectivity index (χ1v) is 17.4. The summed E-state index contributed by atoms with van der Waals surface area (Å²) in [6, 6.07) is 16.9. The molecule has 0 spiro atoms. The van der Waals surface area contributed by atoms with Gasteiger partial charge in [0.2, 0.25) is 5.13 Å². The first kappa shape index (κ1) is 32.4. The van der Waals surface area contributed by atoms with E-state index in [0.717, 1.165) is 23.3 Å². The van der Waals surface area contributed by atoms with Crippen LogP contribution in [0.5, 0.6) is 11.5 Å². The third-order valence-corrected chi connectivity index (χ3v) is 10.4. The van der Waals surface area contributed by atoms with E-state index in [0.29, 0.717) is 56.0 Å². The van der Waals surface area contributed by atoms with Crippen molar-refractivity contribution in [2.24, 2.45) is 5.92 Å². The van der Waals surface area contributed by atoms with Crippen LogP contribution in [0.1, 0.15) is 55.5 Å². The minimum atomic E-state index is -0.964. The van der Waals surface area contributed by atoms with Crippen molar-refractivity contribution >= 4 is 68.9 Å². The number of nitrogens with zero attached hydrogens (tertiary/aromatic N) is 3. The first-order chi connectivity index (χ1) is 22.1. The van der Waals surface area contributed by atoms with Crippen molar-refractivity contribution in [1.82, 2.24) is 10.2 Å². The van der Waals surface area contributed by atoms with Crippen LogP contribution in [0.3, 0.4) is 0 Å². The van der Waals surface area contributed by atoms with Crippen molar-refractivity contribution in [2.45, 2.75) is 55.9 Å². The number of benzene rings is 3. The van der Waals surface area contributed by atoms with Crippen LogP contribution in [-0.2, 0) is 21.8 Å². The highest BCUT2D eigenvalue weighted by Gasteiger charge is 2.48. The monoisotopic (exact) mass is 695 g/mol. The molecule has 1 amide bonds. The van der Waals surface area contributed by atoms with Crippen LogP contribution in [0, 0.1) is 5.92 Å². The molecule has 0 aliphatic carbocycles. The highest BCUT2D eigenvalue weighted by Crippen LogP contribution is 2.45. The fraction of sp³-hybridized carbons (Fsp3) is 0.294. The van der Waals surface area contributed by atoms with E-state index >= 15 is 0 Å². The fourth-order valence-electron chi connectivity index (χ4n) is 5.39. The minimum absolute atomic E-state index is 0.0107. The number of fused-ring (bicyclic) bond motifs is 1. The molecule has 8 nitrogen and oxygen atoms in total. The lowest BCUT2D eigenvalue weighted by molar-refractivity contribution is -0.132. The highest BCUT2D eigenvalue weighted by molar-refractivity contribution is 8.00. The summed E-state index contributed by atoms with van der Waals surface area (Å²) < 4.78 is 12.4. The number of amides is 1. The molecule has 2 aliphatic heterocycles. The van der Waals surface area contributed by atoms with Crippen LogP contribution in [0.4, 0.5) is 5.13 Å². The Morgan fingerprint density at radius 1 is 1.13 bits per heavy atom. The van der Waals surface area contributed by atoms with Crippen molar-refractivity contribution in [3.05, 3.63) is 98.5 Å². The van der Waals surface area contributed by atoms with Crippen LogP contribution in [0.15, 0.2) is 70.6 Å². The van der Waals surface area contributed by atoms with Gasteiger partial charge in [-0.05, 0) is 78.4 Å². The van der Waals surface area contributed by atoms with E-state index in [1.165, 1.54) is 28.0 Å². The number of carbonyl (C=O) groups is 2. The molecule has 2 aliphatic rings. The predicted octanol–water partition coefficient (Wildman–Crippen LogP) is 8.51. The Kier molecular flexibility index (Phi) is 9.61. The van der Waals surface area contributed by atoms with E-state index in [2.05, 4.69) is 24.0 Å². The average molecular weight is 697 g/mol. The molecule has 238 valence electrons. The lowest BCUT2D eigenvalue weighted by atomic mass is 9.94. The van der Waals surface area contributed by atoms with Crippen LogP contribution < -0.4 is 14.4 Å². The normalized spacial score (nSPS) is 18.7. The molecule has 0 saturated carbocycles. The molecular weight excluding hydrogens is 665 g/mol. The summed E-state index contributed by atoms with van der Waals surface area (Å²) in [5.74, 6) is 0.433. The Hall–Kier alpha value is -3.57. The van der Waals surface area contributed by atoms with E-state index in [1.54, 1.807) is 30.3 Å². The lowest BCUT2D eigenvalue weighted by Crippen LogP contribution is -2.29. The molecule has 1 N–H and O–H groups in total. The molecule has 0 bridgehead atoms. The molecule has 0 unspecified atom stereocenters. The number of rotatable bonds is 10. The van der Waals surface area contributed by atoms with Crippen molar-refractivity contribution in [1.29, 1.82) is 0 Å².